The lowest BCUT2D eigenvalue weighted by molar-refractivity contribution is -0.137. The number of nitrogens with zero attached hydrogens (tertiary/aromatic N) is 3. The number of hydrogen-bond donors (Lipinski definition) is 0. The summed E-state index contributed by atoms with van der Waals surface area (Å²) in [6.45, 7) is 9.66. The molecule has 0 unspecified atom stereocenters. The van der Waals surface area contributed by atoms with Gasteiger partial charge in [0.15, 0.2) is 0 Å². The van der Waals surface area contributed by atoms with E-state index in [1.807, 2.05) is 36.6 Å². The van der Waals surface area contributed by atoms with E-state index in [9.17, 15) is 13.2 Å². The highest BCUT2D eigenvalue weighted by molar-refractivity contribution is 5.48. The van der Waals surface area contributed by atoms with Gasteiger partial charge in [-0.2, -0.15) is 13.2 Å². The van der Waals surface area contributed by atoms with Gasteiger partial charge in [0.25, 0.3) is 0 Å². The van der Waals surface area contributed by atoms with E-state index in [1.54, 1.807) is 6.07 Å². The maximum atomic E-state index is 13.2. The fourth-order valence-corrected chi connectivity index (χ4v) is 4.48. The Balaban J connectivity index is 1.37. The molecule has 3 nitrogen and oxygen atoms in total. The number of aromatic nitrogens is 1. The van der Waals surface area contributed by atoms with Crippen LogP contribution < -0.4 is 0 Å². The number of aryl methyl sites for hydroxylation is 1. The van der Waals surface area contributed by atoms with Crippen LogP contribution in [0.5, 0.6) is 0 Å². The van der Waals surface area contributed by atoms with Crippen LogP contribution in [0.1, 0.15) is 28.1 Å². The Labute approximate surface area is 193 Å². The van der Waals surface area contributed by atoms with Crippen LogP contribution in [0.2, 0.25) is 0 Å². The lowest BCUT2D eigenvalue weighted by Gasteiger charge is -2.34. The third-order valence-electron chi connectivity index (χ3n) is 6.30. The van der Waals surface area contributed by atoms with Gasteiger partial charge >= 0.3 is 6.18 Å². The second-order valence-corrected chi connectivity index (χ2v) is 8.67. The van der Waals surface area contributed by atoms with Crippen molar-refractivity contribution >= 4 is 6.08 Å². The van der Waals surface area contributed by atoms with Crippen LogP contribution >= 0.6 is 0 Å². The van der Waals surface area contributed by atoms with Crippen molar-refractivity contribution < 1.29 is 13.2 Å². The maximum Gasteiger partial charge on any atom is 0.416 e. The molecule has 0 spiro atoms. The lowest BCUT2D eigenvalue weighted by Crippen LogP contribution is -2.45. The molecule has 2 heterocycles. The minimum atomic E-state index is -4.34. The third-order valence-corrected chi connectivity index (χ3v) is 6.30. The van der Waals surface area contributed by atoms with Crippen LogP contribution in [0, 0.1) is 13.8 Å². The van der Waals surface area contributed by atoms with Crippen LogP contribution in [0.25, 0.3) is 11.8 Å². The standard InChI is InChI=1S/C27H30F3N3/c1-21-18-24(22(2)33(21)26-12-6-11-25(19-26)27(28,29)30)20-32-16-14-31(15-17-32)13-7-10-23-8-4-3-5-9-23/h3-12,18-19H,13-17,20H2,1-2H3. The largest absolute Gasteiger partial charge is 0.416 e. The Hall–Kier alpha value is -2.83. The van der Waals surface area contributed by atoms with Gasteiger partial charge in [0.2, 0.25) is 0 Å². The number of piperazine rings is 1. The van der Waals surface area contributed by atoms with Gasteiger partial charge in [0.1, 0.15) is 0 Å². The summed E-state index contributed by atoms with van der Waals surface area (Å²) in [6.07, 6.45) is 0.0342. The molecule has 4 rings (SSSR count). The maximum absolute atomic E-state index is 13.2. The Morgan fingerprint density at radius 1 is 0.848 bits per heavy atom. The van der Waals surface area contributed by atoms with Crippen molar-refractivity contribution in [3.8, 4) is 5.69 Å². The summed E-state index contributed by atoms with van der Waals surface area (Å²) in [6, 6.07) is 18.0. The number of alkyl halides is 3. The van der Waals surface area contributed by atoms with Crippen LogP contribution in [-0.2, 0) is 12.7 Å². The molecule has 6 heteroatoms. The highest BCUT2D eigenvalue weighted by Gasteiger charge is 2.30. The predicted molar refractivity (Wildman–Crippen MR) is 127 cm³/mol. The number of halogens is 3. The molecule has 0 amide bonds. The van der Waals surface area contributed by atoms with Crippen molar-refractivity contribution in [2.75, 3.05) is 32.7 Å². The first-order valence-electron chi connectivity index (χ1n) is 11.3. The molecule has 1 fully saturated rings. The van der Waals surface area contributed by atoms with Crippen LogP contribution in [-0.4, -0.2) is 47.1 Å². The zero-order valence-corrected chi connectivity index (χ0v) is 19.1. The molecule has 33 heavy (non-hydrogen) atoms. The Morgan fingerprint density at radius 2 is 1.55 bits per heavy atom. The molecule has 174 valence electrons. The van der Waals surface area contributed by atoms with Crippen molar-refractivity contribution in [1.82, 2.24) is 14.4 Å². The fourth-order valence-electron chi connectivity index (χ4n) is 4.48. The quantitative estimate of drug-likeness (QED) is 0.457. The van der Waals surface area contributed by atoms with Gasteiger partial charge in [-0.3, -0.25) is 9.80 Å². The van der Waals surface area contributed by atoms with Crippen molar-refractivity contribution in [2.24, 2.45) is 0 Å². The number of hydrogen-bond acceptors (Lipinski definition) is 2. The molecule has 0 atom stereocenters. The molecule has 1 aliphatic rings. The van der Waals surface area contributed by atoms with Gasteiger partial charge in [-0.15, -0.1) is 0 Å². The van der Waals surface area contributed by atoms with Crippen LogP contribution in [0.3, 0.4) is 0 Å². The average Bonchev–Trinajstić information content (AvgIpc) is 3.08. The van der Waals surface area contributed by atoms with Crippen molar-refractivity contribution in [2.45, 2.75) is 26.6 Å². The molecule has 0 bridgehead atoms. The average molecular weight is 454 g/mol. The van der Waals surface area contributed by atoms with E-state index in [1.165, 1.54) is 23.3 Å². The van der Waals surface area contributed by atoms with E-state index in [-0.39, 0.29) is 0 Å². The SMILES string of the molecule is Cc1cc(CN2CCN(CC=Cc3ccccc3)CC2)c(C)n1-c1cccc(C(F)(F)F)c1. The molecule has 0 N–H and O–H groups in total. The van der Waals surface area contributed by atoms with E-state index in [0.717, 1.165) is 56.7 Å². The summed E-state index contributed by atoms with van der Waals surface area (Å²) in [5.41, 5.74) is 4.27. The molecule has 1 aliphatic heterocycles. The molecular weight excluding hydrogens is 423 g/mol. The summed E-state index contributed by atoms with van der Waals surface area (Å²) >= 11 is 0. The Kier molecular flexibility index (Phi) is 7.05. The van der Waals surface area contributed by atoms with Gasteiger partial charge in [0, 0.05) is 56.3 Å². The van der Waals surface area contributed by atoms with E-state index < -0.39 is 11.7 Å². The summed E-state index contributed by atoms with van der Waals surface area (Å²) in [5, 5.41) is 0. The van der Waals surface area contributed by atoms with Gasteiger partial charge in [-0.1, -0.05) is 48.6 Å². The highest BCUT2D eigenvalue weighted by Crippen LogP contribution is 2.31. The zero-order chi connectivity index (χ0) is 23.4. The molecule has 2 aromatic carbocycles. The van der Waals surface area contributed by atoms with E-state index in [4.69, 9.17) is 0 Å². The van der Waals surface area contributed by atoms with Gasteiger partial charge < -0.3 is 4.57 Å². The fraction of sp³-hybridized carbons (Fsp3) is 0.333. The van der Waals surface area contributed by atoms with E-state index in [0.29, 0.717) is 5.69 Å². The van der Waals surface area contributed by atoms with Crippen molar-refractivity contribution in [3.63, 3.8) is 0 Å². The molecule has 0 saturated carbocycles. The second kappa shape index (κ2) is 9.98. The summed E-state index contributed by atoms with van der Waals surface area (Å²) in [5.74, 6) is 0. The first-order valence-corrected chi connectivity index (χ1v) is 11.3. The smallest absolute Gasteiger partial charge is 0.318 e. The molecule has 1 saturated heterocycles. The minimum absolute atomic E-state index is 0.557. The van der Waals surface area contributed by atoms with E-state index in [2.05, 4.69) is 40.2 Å². The van der Waals surface area contributed by atoms with Gasteiger partial charge in [0.05, 0.1) is 5.56 Å². The Bertz CT molecular complexity index is 1090. The third kappa shape index (κ3) is 5.75. The number of rotatable bonds is 6. The topological polar surface area (TPSA) is 11.4 Å². The molecule has 0 aliphatic carbocycles. The predicted octanol–water partition coefficient (Wildman–Crippen LogP) is 5.94. The summed E-state index contributed by atoms with van der Waals surface area (Å²) < 4.78 is 41.4. The van der Waals surface area contributed by atoms with Crippen LogP contribution in [0.4, 0.5) is 13.2 Å². The molecule has 3 aromatic rings. The monoisotopic (exact) mass is 453 g/mol. The Morgan fingerprint density at radius 3 is 2.24 bits per heavy atom. The van der Waals surface area contributed by atoms with Gasteiger partial charge in [-0.05, 0) is 49.2 Å². The van der Waals surface area contributed by atoms with E-state index >= 15 is 0 Å². The van der Waals surface area contributed by atoms with Crippen molar-refractivity contribution in [3.05, 3.63) is 94.8 Å². The minimum Gasteiger partial charge on any atom is -0.318 e. The number of benzene rings is 2. The van der Waals surface area contributed by atoms with Gasteiger partial charge in [-0.25, -0.2) is 0 Å². The summed E-state index contributed by atoms with van der Waals surface area (Å²) in [7, 11) is 0. The second-order valence-electron chi connectivity index (χ2n) is 8.67. The highest BCUT2D eigenvalue weighted by atomic mass is 19.4. The molecule has 0 radical (unpaired) electrons. The lowest BCUT2D eigenvalue weighted by atomic mass is 10.2. The first kappa shape index (κ1) is 23.3. The van der Waals surface area contributed by atoms with Crippen LogP contribution in [0.15, 0.2) is 66.7 Å². The van der Waals surface area contributed by atoms with Crippen molar-refractivity contribution in [1.29, 1.82) is 0 Å². The first-order chi connectivity index (χ1) is 15.8. The molecule has 1 aromatic heterocycles. The normalized spacial score (nSPS) is 16.0. The zero-order valence-electron chi connectivity index (χ0n) is 19.1. The summed E-state index contributed by atoms with van der Waals surface area (Å²) in [4.78, 5) is 4.87. The molecular formula is C27H30F3N3.